The van der Waals surface area contributed by atoms with E-state index < -0.39 is 11.7 Å². The van der Waals surface area contributed by atoms with Gasteiger partial charge >= 0.3 is 6.03 Å². The number of fused-ring (bicyclic) bond motifs is 3. The number of urea groups is 1. The fraction of sp³-hybridized carbons (Fsp3) is 0.556. The summed E-state index contributed by atoms with van der Waals surface area (Å²) in [6.45, 7) is 3.79. The first-order valence-electron chi connectivity index (χ1n) is 8.92. The summed E-state index contributed by atoms with van der Waals surface area (Å²) in [5.74, 6) is -0.441. The van der Waals surface area contributed by atoms with Gasteiger partial charge < -0.3 is 16.0 Å². The van der Waals surface area contributed by atoms with Crippen LogP contribution in [0.25, 0.3) is 0 Å². The van der Waals surface area contributed by atoms with Crippen LogP contribution in [0.1, 0.15) is 29.6 Å². The number of carbonyl (C=O) groups is 2. The van der Waals surface area contributed by atoms with Gasteiger partial charge in [0.15, 0.2) is 0 Å². The maximum Gasteiger partial charge on any atom is 0.321 e. The van der Waals surface area contributed by atoms with Crippen molar-refractivity contribution in [2.45, 2.75) is 25.3 Å². The number of benzene rings is 1. The number of likely N-dealkylation sites (tertiary alicyclic amines) is 1. The molecule has 3 unspecified atom stereocenters. The van der Waals surface area contributed by atoms with Crippen LogP contribution in [0.15, 0.2) is 18.2 Å². The van der Waals surface area contributed by atoms with E-state index in [-0.39, 0.29) is 11.6 Å². The van der Waals surface area contributed by atoms with Gasteiger partial charge in [-0.25, -0.2) is 9.18 Å². The van der Waals surface area contributed by atoms with E-state index in [2.05, 4.69) is 10.2 Å². The predicted molar refractivity (Wildman–Crippen MR) is 91.7 cm³/mol. The highest BCUT2D eigenvalue weighted by Crippen LogP contribution is 2.40. The zero-order chi connectivity index (χ0) is 17.6. The minimum atomic E-state index is -0.820. The summed E-state index contributed by atoms with van der Waals surface area (Å²) in [5, 5.41) is 2.73. The van der Waals surface area contributed by atoms with Crippen molar-refractivity contribution in [2.75, 3.05) is 31.5 Å². The van der Waals surface area contributed by atoms with Crippen LogP contribution in [0.5, 0.6) is 0 Å². The molecule has 0 aromatic heterocycles. The van der Waals surface area contributed by atoms with E-state index in [1.165, 1.54) is 37.9 Å². The van der Waals surface area contributed by atoms with Gasteiger partial charge in [0, 0.05) is 31.4 Å². The lowest BCUT2D eigenvalue weighted by Gasteiger charge is -2.33. The minimum absolute atomic E-state index is 0.175. The third kappa shape index (κ3) is 2.97. The molecule has 3 amide bonds. The Hall–Kier alpha value is -2.15. The van der Waals surface area contributed by atoms with Gasteiger partial charge in [0.05, 0.1) is 5.56 Å². The summed E-state index contributed by atoms with van der Waals surface area (Å²) in [4.78, 5) is 28.0. The van der Waals surface area contributed by atoms with Crippen molar-refractivity contribution in [3.63, 3.8) is 0 Å². The predicted octanol–water partition coefficient (Wildman–Crippen LogP) is 1.87. The zero-order valence-electron chi connectivity index (χ0n) is 14.1. The van der Waals surface area contributed by atoms with Crippen molar-refractivity contribution in [3.8, 4) is 0 Å². The normalized spacial score (nSPS) is 28.5. The average Bonchev–Trinajstić information content (AvgIpc) is 3.12. The largest absolute Gasteiger partial charge is 0.366 e. The number of nitrogens with zero attached hydrogens (tertiary/aromatic N) is 2. The van der Waals surface area contributed by atoms with Gasteiger partial charge in [-0.3, -0.25) is 9.69 Å². The summed E-state index contributed by atoms with van der Waals surface area (Å²) in [6.07, 6.45) is 3.80. The number of hydrogen-bond acceptors (Lipinski definition) is 3. The highest BCUT2D eigenvalue weighted by Gasteiger charge is 2.48. The van der Waals surface area contributed by atoms with Gasteiger partial charge in [0.2, 0.25) is 0 Å². The second-order valence-corrected chi connectivity index (χ2v) is 7.38. The highest BCUT2D eigenvalue weighted by molar-refractivity contribution is 5.94. The number of piperidine rings is 1. The molecule has 0 bridgehead atoms. The number of nitrogens with one attached hydrogen (secondary N) is 1. The lowest BCUT2D eigenvalue weighted by molar-refractivity contribution is 0.0996. The monoisotopic (exact) mass is 346 g/mol. The Labute approximate surface area is 146 Å². The van der Waals surface area contributed by atoms with Crippen molar-refractivity contribution >= 4 is 17.6 Å². The second-order valence-electron chi connectivity index (χ2n) is 7.38. The molecular formula is C18H23FN4O2. The van der Waals surface area contributed by atoms with Crippen LogP contribution in [0.2, 0.25) is 0 Å². The smallest absolute Gasteiger partial charge is 0.321 e. The minimum Gasteiger partial charge on any atom is -0.366 e. The summed E-state index contributed by atoms with van der Waals surface area (Å²) in [5.41, 5.74) is 5.25. The van der Waals surface area contributed by atoms with Crippen molar-refractivity contribution in [3.05, 3.63) is 29.6 Å². The molecule has 0 spiro atoms. The molecule has 134 valence electrons. The molecular weight excluding hydrogens is 323 g/mol. The third-order valence-corrected chi connectivity index (χ3v) is 5.89. The molecule has 7 heteroatoms. The van der Waals surface area contributed by atoms with Crippen molar-refractivity contribution in [1.29, 1.82) is 0 Å². The first-order chi connectivity index (χ1) is 12.0. The lowest BCUT2D eigenvalue weighted by atomic mass is 9.90. The number of carbonyl (C=O) groups excluding carboxylic acids is 2. The molecule has 3 fully saturated rings. The SMILES string of the molecule is NC(=O)c1ccc(NC(=O)N2CC3CN4CCCCC4C3C2)cc1F. The molecule has 6 nitrogen and oxygen atoms in total. The van der Waals surface area contributed by atoms with Gasteiger partial charge in [0.1, 0.15) is 5.82 Å². The maximum atomic E-state index is 13.8. The highest BCUT2D eigenvalue weighted by atomic mass is 19.1. The number of amides is 3. The fourth-order valence-corrected chi connectivity index (χ4v) is 4.72. The number of hydrogen-bond donors (Lipinski definition) is 2. The molecule has 3 atom stereocenters. The molecule has 3 aliphatic rings. The van der Waals surface area contributed by atoms with E-state index in [1.807, 2.05) is 4.90 Å². The average molecular weight is 346 g/mol. The van der Waals surface area contributed by atoms with E-state index >= 15 is 0 Å². The van der Waals surface area contributed by atoms with Crippen LogP contribution >= 0.6 is 0 Å². The van der Waals surface area contributed by atoms with Crippen LogP contribution < -0.4 is 11.1 Å². The summed E-state index contributed by atoms with van der Waals surface area (Å²) < 4.78 is 13.8. The second kappa shape index (κ2) is 6.29. The Kier molecular flexibility index (Phi) is 4.11. The van der Waals surface area contributed by atoms with Crippen molar-refractivity contribution in [2.24, 2.45) is 17.6 Å². The molecule has 0 saturated carbocycles. The first kappa shape index (κ1) is 16.3. The molecule has 3 heterocycles. The van der Waals surface area contributed by atoms with Gasteiger partial charge in [-0.2, -0.15) is 0 Å². The number of primary amides is 1. The van der Waals surface area contributed by atoms with Crippen molar-refractivity contribution in [1.82, 2.24) is 9.80 Å². The molecule has 0 radical (unpaired) electrons. The Morgan fingerprint density at radius 1 is 1.20 bits per heavy atom. The van der Waals surface area contributed by atoms with Gasteiger partial charge in [-0.15, -0.1) is 0 Å². The molecule has 3 N–H and O–H groups in total. The third-order valence-electron chi connectivity index (χ3n) is 5.89. The summed E-state index contributed by atoms with van der Waals surface area (Å²) in [6, 6.07) is 4.34. The quantitative estimate of drug-likeness (QED) is 0.858. The van der Waals surface area contributed by atoms with Gasteiger partial charge in [-0.1, -0.05) is 6.42 Å². The molecule has 3 saturated heterocycles. The first-order valence-corrected chi connectivity index (χ1v) is 8.92. The van der Waals surface area contributed by atoms with Crippen LogP contribution in [-0.2, 0) is 0 Å². The molecule has 0 aliphatic carbocycles. The summed E-state index contributed by atoms with van der Waals surface area (Å²) >= 11 is 0. The number of anilines is 1. The Balaban J connectivity index is 1.40. The van der Waals surface area contributed by atoms with Crippen molar-refractivity contribution < 1.29 is 14.0 Å². The zero-order valence-corrected chi connectivity index (χ0v) is 14.1. The number of halogens is 1. The molecule has 3 aliphatic heterocycles. The number of rotatable bonds is 2. The maximum absolute atomic E-state index is 13.8. The summed E-state index contributed by atoms with van der Waals surface area (Å²) in [7, 11) is 0. The van der Waals surface area contributed by atoms with Gasteiger partial charge in [0.25, 0.3) is 5.91 Å². The van der Waals surface area contributed by atoms with Crippen LogP contribution in [0.3, 0.4) is 0 Å². The van der Waals surface area contributed by atoms with E-state index in [4.69, 9.17) is 5.73 Å². The van der Waals surface area contributed by atoms with E-state index in [1.54, 1.807) is 0 Å². The Bertz CT molecular complexity index is 710. The van der Waals surface area contributed by atoms with Crippen LogP contribution in [0.4, 0.5) is 14.9 Å². The van der Waals surface area contributed by atoms with E-state index in [9.17, 15) is 14.0 Å². The Morgan fingerprint density at radius 2 is 2.04 bits per heavy atom. The number of nitrogens with two attached hydrogens (primary N) is 1. The van der Waals surface area contributed by atoms with Crippen LogP contribution in [-0.4, -0.2) is 54.0 Å². The topological polar surface area (TPSA) is 78.7 Å². The molecule has 1 aromatic rings. The molecule has 1 aromatic carbocycles. The Morgan fingerprint density at radius 3 is 2.80 bits per heavy atom. The lowest BCUT2D eigenvalue weighted by Crippen LogP contribution is -2.41. The van der Waals surface area contributed by atoms with E-state index in [0.717, 1.165) is 25.7 Å². The fourth-order valence-electron chi connectivity index (χ4n) is 4.72. The van der Waals surface area contributed by atoms with Gasteiger partial charge in [-0.05, 0) is 49.4 Å². The standard InChI is InChI=1S/C18H23FN4O2/c19-15-7-12(4-5-13(15)17(20)24)21-18(25)23-9-11-8-22-6-2-1-3-16(22)14(11)10-23/h4-5,7,11,14,16H,1-3,6,8-10H2,(H2,20,24)(H,21,25). The molecule has 25 heavy (non-hydrogen) atoms. The van der Waals surface area contributed by atoms with Crippen LogP contribution in [0, 0.1) is 17.7 Å². The molecule has 4 rings (SSSR count). The van der Waals surface area contributed by atoms with E-state index in [0.29, 0.717) is 23.6 Å².